The van der Waals surface area contributed by atoms with Crippen LogP contribution in [0.5, 0.6) is 0 Å². The molecule has 5 nitrogen and oxygen atoms in total. The van der Waals surface area contributed by atoms with Crippen molar-refractivity contribution in [2.75, 3.05) is 6.61 Å². The van der Waals surface area contributed by atoms with E-state index in [1.54, 1.807) is 0 Å². The molecular formula is C9H9FN2O3. The summed E-state index contributed by atoms with van der Waals surface area (Å²) >= 11 is 0. The van der Waals surface area contributed by atoms with Gasteiger partial charge in [-0.15, -0.1) is 0 Å². The first kappa shape index (κ1) is 9.85. The summed E-state index contributed by atoms with van der Waals surface area (Å²) in [5.74, 6) is -0.584. The largest absolute Gasteiger partial charge is 0.463 e. The molecule has 0 radical (unpaired) electrons. The van der Waals surface area contributed by atoms with Gasteiger partial charge < -0.3 is 5.11 Å². The fraction of sp³-hybridized carbons (Fsp3) is 0.333. The molecule has 0 aliphatic carbocycles. The third-order valence-corrected chi connectivity index (χ3v) is 2.23. The maximum absolute atomic E-state index is 12.6. The van der Waals surface area contributed by atoms with E-state index in [0.29, 0.717) is 18.6 Å². The van der Waals surface area contributed by atoms with E-state index in [0.717, 1.165) is 5.06 Å². The van der Waals surface area contributed by atoms with E-state index in [2.05, 4.69) is 4.98 Å². The molecular weight excluding hydrogens is 203 g/mol. The van der Waals surface area contributed by atoms with E-state index >= 15 is 0 Å². The summed E-state index contributed by atoms with van der Waals surface area (Å²) in [6.07, 6.45) is 0.728. The number of nitrogens with zero attached hydrogens (tertiary/aromatic N) is 2. The summed E-state index contributed by atoms with van der Waals surface area (Å²) in [5, 5.41) is 9.68. The zero-order valence-corrected chi connectivity index (χ0v) is 7.76. The molecule has 1 amide bonds. The Balaban J connectivity index is 2.22. The van der Waals surface area contributed by atoms with E-state index in [9.17, 15) is 9.18 Å². The molecule has 1 fully saturated rings. The molecule has 1 N–H and O–H groups in total. The summed E-state index contributed by atoms with van der Waals surface area (Å²) < 4.78 is 12.6. The summed E-state index contributed by atoms with van der Waals surface area (Å²) in [5.41, 5.74) is 0.635. The molecule has 0 spiro atoms. The number of pyridine rings is 1. The fourth-order valence-electron chi connectivity index (χ4n) is 1.54. The highest BCUT2D eigenvalue weighted by Gasteiger charge is 2.31. The van der Waals surface area contributed by atoms with E-state index in [-0.39, 0.29) is 0 Å². The maximum atomic E-state index is 12.6. The van der Waals surface area contributed by atoms with Crippen molar-refractivity contribution in [3.8, 4) is 0 Å². The molecule has 1 aliphatic rings. The van der Waals surface area contributed by atoms with Crippen molar-refractivity contribution in [2.24, 2.45) is 0 Å². The summed E-state index contributed by atoms with van der Waals surface area (Å²) in [4.78, 5) is 19.2. The number of carboxylic acid groups (broad SMARTS) is 1. The number of aromatic nitrogens is 1. The minimum atomic E-state index is -1.15. The van der Waals surface area contributed by atoms with Gasteiger partial charge in [-0.3, -0.25) is 4.84 Å². The number of hydrogen-bond acceptors (Lipinski definition) is 3. The third kappa shape index (κ3) is 1.89. The Morgan fingerprint density at radius 3 is 3.07 bits per heavy atom. The number of hydroxylamine groups is 2. The van der Waals surface area contributed by atoms with Crippen LogP contribution in [-0.2, 0) is 4.84 Å². The van der Waals surface area contributed by atoms with Crippen LogP contribution in [0.2, 0.25) is 0 Å². The van der Waals surface area contributed by atoms with Gasteiger partial charge in [-0.2, -0.15) is 9.45 Å². The normalized spacial score (nSPS) is 20.6. The highest BCUT2D eigenvalue weighted by Crippen LogP contribution is 2.29. The van der Waals surface area contributed by atoms with Crippen LogP contribution in [0.3, 0.4) is 0 Å². The van der Waals surface area contributed by atoms with Gasteiger partial charge in [-0.1, -0.05) is 6.07 Å². The molecule has 80 valence electrons. The molecule has 1 atom stereocenters. The standard InChI is InChI=1S/C9H9FN2O3/c10-8-2-1-6(5-11-8)7-3-4-15-12(7)9(13)14/h1-2,5,7H,3-4H2,(H,13,14). The molecule has 15 heavy (non-hydrogen) atoms. The Hall–Kier alpha value is -1.69. The van der Waals surface area contributed by atoms with Crippen LogP contribution in [-0.4, -0.2) is 27.9 Å². The van der Waals surface area contributed by atoms with Crippen molar-refractivity contribution in [3.63, 3.8) is 0 Å². The van der Waals surface area contributed by atoms with Crippen molar-refractivity contribution in [1.29, 1.82) is 0 Å². The lowest BCUT2D eigenvalue weighted by atomic mass is 10.1. The highest BCUT2D eigenvalue weighted by molar-refractivity contribution is 5.64. The predicted molar refractivity (Wildman–Crippen MR) is 47.4 cm³/mol. The number of hydrogen-bond donors (Lipinski definition) is 1. The van der Waals surface area contributed by atoms with Crippen molar-refractivity contribution in [2.45, 2.75) is 12.5 Å². The number of carbonyl (C=O) groups is 1. The Morgan fingerprint density at radius 2 is 2.47 bits per heavy atom. The topological polar surface area (TPSA) is 62.7 Å². The van der Waals surface area contributed by atoms with Crippen molar-refractivity contribution >= 4 is 6.09 Å². The number of rotatable bonds is 1. The SMILES string of the molecule is O=C(O)N1OCCC1c1ccc(F)nc1. The van der Waals surface area contributed by atoms with Crippen molar-refractivity contribution < 1.29 is 19.1 Å². The van der Waals surface area contributed by atoms with E-state index in [1.165, 1.54) is 18.3 Å². The zero-order chi connectivity index (χ0) is 10.8. The van der Waals surface area contributed by atoms with Gasteiger partial charge in [-0.05, 0) is 11.6 Å². The molecule has 1 unspecified atom stereocenters. The minimum absolute atomic E-state index is 0.342. The average molecular weight is 212 g/mol. The zero-order valence-electron chi connectivity index (χ0n) is 7.76. The van der Waals surface area contributed by atoms with Crippen LogP contribution in [0.1, 0.15) is 18.0 Å². The number of halogens is 1. The summed E-state index contributed by atoms with van der Waals surface area (Å²) in [6, 6.07) is 2.32. The lowest BCUT2D eigenvalue weighted by Crippen LogP contribution is -2.27. The molecule has 0 aromatic carbocycles. The third-order valence-electron chi connectivity index (χ3n) is 2.23. The van der Waals surface area contributed by atoms with Gasteiger partial charge in [0.15, 0.2) is 0 Å². The molecule has 6 heteroatoms. The second-order valence-electron chi connectivity index (χ2n) is 3.16. The number of amides is 1. The predicted octanol–water partition coefficient (Wildman–Crippen LogP) is 1.58. The van der Waals surface area contributed by atoms with Gasteiger partial charge >= 0.3 is 6.09 Å². The molecule has 1 aromatic heterocycles. The molecule has 1 aromatic rings. The monoisotopic (exact) mass is 212 g/mol. The van der Waals surface area contributed by atoms with Crippen LogP contribution in [0, 0.1) is 5.95 Å². The van der Waals surface area contributed by atoms with E-state index in [4.69, 9.17) is 9.94 Å². The first-order chi connectivity index (χ1) is 7.18. The fourth-order valence-corrected chi connectivity index (χ4v) is 1.54. The Labute approximate surface area is 85.1 Å². The minimum Gasteiger partial charge on any atom is -0.463 e. The lowest BCUT2D eigenvalue weighted by Gasteiger charge is -2.18. The van der Waals surface area contributed by atoms with Crippen LogP contribution >= 0.6 is 0 Å². The molecule has 0 saturated carbocycles. The van der Waals surface area contributed by atoms with Crippen molar-refractivity contribution in [3.05, 3.63) is 29.8 Å². The Morgan fingerprint density at radius 1 is 1.67 bits per heavy atom. The lowest BCUT2D eigenvalue weighted by molar-refractivity contribution is -0.104. The van der Waals surface area contributed by atoms with Crippen LogP contribution in [0.15, 0.2) is 18.3 Å². The van der Waals surface area contributed by atoms with Gasteiger partial charge in [0.2, 0.25) is 5.95 Å². The second kappa shape index (κ2) is 3.82. The van der Waals surface area contributed by atoms with Crippen molar-refractivity contribution in [1.82, 2.24) is 10.0 Å². The Bertz CT molecular complexity index is 368. The first-order valence-electron chi connectivity index (χ1n) is 4.45. The van der Waals surface area contributed by atoms with Gasteiger partial charge in [0.1, 0.15) is 0 Å². The highest BCUT2D eigenvalue weighted by atomic mass is 19.1. The molecule has 2 rings (SSSR count). The van der Waals surface area contributed by atoms with Gasteiger partial charge in [0.25, 0.3) is 0 Å². The van der Waals surface area contributed by atoms with Gasteiger partial charge in [0, 0.05) is 12.6 Å². The molecule has 2 heterocycles. The van der Waals surface area contributed by atoms with Crippen LogP contribution in [0.4, 0.5) is 9.18 Å². The van der Waals surface area contributed by atoms with Crippen LogP contribution in [0.25, 0.3) is 0 Å². The van der Waals surface area contributed by atoms with E-state index < -0.39 is 18.1 Å². The van der Waals surface area contributed by atoms with Gasteiger partial charge in [0.05, 0.1) is 12.6 Å². The smallest absolute Gasteiger partial charge is 0.432 e. The molecule has 1 aliphatic heterocycles. The molecule has 0 bridgehead atoms. The maximum Gasteiger partial charge on any atom is 0.432 e. The average Bonchev–Trinajstić information content (AvgIpc) is 2.67. The van der Waals surface area contributed by atoms with E-state index in [1.807, 2.05) is 0 Å². The van der Waals surface area contributed by atoms with Gasteiger partial charge in [-0.25, -0.2) is 9.78 Å². The molecule has 1 saturated heterocycles. The quantitative estimate of drug-likeness (QED) is 0.718. The Kier molecular flexibility index (Phi) is 2.51. The summed E-state index contributed by atoms with van der Waals surface area (Å²) in [7, 11) is 0. The van der Waals surface area contributed by atoms with Crippen LogP contribution < -0.4 is 0 Å². The summed E-state index contributed by atoms with van der Waals surface area (Å²) in [6.45, 7) is 0.342. The second-order valence-corrected chi connectivity index (χ2v) is 3.16. The first-order valence-corrected chi connectivity index (χ1v) is 4.45.